The molecule has 2 aromatic carbocycles. The van der Waals surface area contributed by atoms with Gasteiger partial charge in [-0.05, 0) is 35.4 Å². The van der Waals surface area contributed by atoms with Crippen LogP contribution in [0, 0.1) is 0 Å². The van der Waals surface area contributed by atoms with Gasteiger partial charge < -0.3 is 30.8 Å². The molecule has 0 fully saturated rings. The Balaban J connectivity index is 0.000000420. The second-order valence-corrected chi connectivity index (χ2v) is 9.11. The van der Waals surface area contributed by atoms with E-state index in [1.807, 2.05) is 24.3 Å². The average molecular weight is 465 g/mol. The van der Waals surface area contributed by atoms with Gasteiger partial charge in [-0.25, -0.2) is 16.8 Å². The SMILES string of the molecule is O=S(=O)([O-])CCS(=O)(=O)[O-].[NH3+]CCc1ccc(O)cc1.[NH3+]CCc1ccc(O)cc1. The van der Waals surface area contributed by atoms with Crippen LogP contribution in [0.2, 0.25) is 0 Å². The highest BCUT2D eigenvalue weighted by atomic mass is 32.2. The molecule has 0 saturated heterocycles. The first-order valence-corrected chi connectivity index (χ1v) is 12.0. The molecule has 2 rings (SSSR count). The Morgan fingerprint density at radius 3 is 1.10 bits per heavy atom. The van der Waals surface area contributed by atoms with Gasteiger partial charge in [0.2, 0.25) is 0 Å². The van der Waals surface area contributed by atoms with Crippen molar-refractivity contribution in [2.24, 2.45) is 0 Å². The molecule has 0 aliphatic heterocycles. The van der Waals surface area contributed by atoms with E-state index < -0.39 is 31.7 Å². The fraction of sp³-hybridized carbons (Fsp3) is 0.333. The van der Waals surface area contributed by atoms with Crippen LogP contribution in [0.1, 0.15) is 11.1 Å². The zero-order chi connectivity index (χ0) is 23.2. The number of quaternary nitrogens is 2. The van der Waals surface area contributed by atoms with Gasteiger partial charge in [-0.2, -0.15) is 0 Å². The van der Waals surface area contributed by atoms with Crippen molar-refractivity contribution >= 4 is 20.2 Å². The smallest absolute Gasteiger partial charge is 0.115 e. The molecule has 0 spiro atoms. The number of rotatable bonds is 7. The van der Waals surface area contributed by atoms with E-state index in [1.165, 1.54) is 11.1 Å². The Morgan fingerprint density at radius 1 is 0.633 bits per heavy atom. The standard InChI is InChI=1S/2C8H11NO.C2H6O6S2/c2*9-6-5-7-1-3-8(10)4-2-7;3-9(4,5)1-2-10(6,7)8/h2*1-4,10H,5-6,9H2;1-2H2,(H,3,4,5)(H,6,7,8). The number of phenolic OH excluding ortho intramolecular Hbond substituents is 2. The van der Waals surface area contributed by atoms with Crippen molar-refractivity contribution in [1.29, 1.82) is 0 Å². The van der Waals surface area contributed by atoms with Gasteiger partial charge in [-0.3, -0.25) is 0 Å². The summed E-state index contributed by atoms with van der Waals surface area (Å²) in [7, 11) is -9.17. The van der Waals surface area contributed by atoms with E-state index in [1.54, 1.807) is 24.3 Å². The van der Waals surface area contributed by atoms with E-state index in [9.17, 15) is 25.9 Å². The highest BCUT2D eigenvalue weighted by Crippen LogP contribution is 2.09. The van der Waals surface area contributed by atoms with Crippen LogP contribution in [-0.4, -0.2) is 60.7 Å². The Kier molecular flexibility index (Phi) is 12.9. The summed E-state index contributed by atoms with van der Waals surface area (Å²) in [5.74, 6) is -1.65. The monoisotopic (exact) mass is 464 g/mol. The molecule has 0 radical (unpaired) electrons. The van der Waals surface area contributed by atoms with Gasteiger partial charge in [-0.15, -0.1) is 0 Å². The Morgan fingerprint density at radius 2 is 0.900 bits per heavy atom. The van der Waals surface area contributed by atoms with E-state index in [0.29, 0.717) is 11.5 Å². The highest BCUT2D eigenvalue weighted by molar-refractivity contribution is 7.89. The number of benzene rings is 2. The summed E-state index contributed by atoms with van der Waals surface area (Å²) < 4.78 is 58.3. The molecule has 0 unspecified atom stereocenters. The van der Waals surface area contributed by atoms with E-state index in [-0.39, 0.29) is 0 Å². The van der Waals surface area contributed by atoms with Crippen molar-refractivity contribution in [2.75, 3.05) is 24.6 Å². The van der Waals surface area contributed by atoms with E-state index >= 15 is 0 Å². The third kappa shape index (κ3) is 16.7. The number of hydrogen-bond donors (Lipinski definition) is 4. The lowest BCUT2D eigenvalue weighted by Crippen LogP contribution is -2.51. The summed E-state index contributed by atoms with van der Waals surface area (Å²) in [6, 6.07) is 14.5. The summed E-state index contributed by atoms with van der Waals surface area (Å²) in [5.41, 5.74) is 9.94. The predicted octanol–water partition coefficient (Wildman–Crippen LogP) is -1.57. The van der Waals surface area contributed by atoms with Crippen molar-refractivity contribution in [3.8, 4) is 11.5 Å². The molecule has 0 aliphatic rings. The molecular weight excluding hydrogens is 436 g/mol. The van der Waals surface area contributed by atoms with Crippen molar-refractivity contribution in [1.82, 2.24) is 0 Å². The molecule has 0 atom stereocenters. The number of aromatic hydroxyl groups is 2. The van der Waals surface area contributed by atoms with E-state index in [2.05, 4.69) is 11.5 Å². The van der Waals surface area contributed by atoms with E-state index in [0.717, 1.165) is 25.9 Å². The molecule has 0 amide bonds. The van der Waals surface area contributed by atoms with Gasteiger partial charge in [0, 0.05) is 12.8 Å². The first-order chi connectivity index (χ1) is 13.9. The summed E-state index contributed by atoms with van der Waals surface area (Å²) >= 11 is 0. The molecule has 0 aromatic heterocycles. The maximum absolute atomic E-state index is 9.72. The first kappa shape index (κ1) is 27.8. The van der Waals surface area contributed by atoms with Crippen LogP contribution in [-0.2, 0) is 33.1 Å². The number of phenols is 2. The molecule has 8 N–H and O–H groups in total. The fourth-order valence-corrected chi connectivity index (χ4v) is 3.57. The summed E-state index contributed by atoms with van der Waals surface area (Å²) in [4.78, 5) is 0. The van der Waals surface area contributed by atoms with Crippen molar-refractivity contribution in [2.45, 2.75) is 12.8 Å². The van der Waals surface area contributed by atoms with Crippen LogP contribution < -0.4 is 11.5 Å². The molecule has 10 nitrogen and oxygen atoms in total. The van der Waals surface area contributed by atoms with Gasteiger partial charge in [0.15, 0.2) is 0 Å². The number of hydrogen-bond acceptors (Lipinski definition) is 8. The second kappa shape index (κ2) is 13.9. The topological polar surface area (TPSA) is 210 Å². The van der Waals surface area contributed by atoms with E-state index in [4.69, 9.17) is 10.2 Å². The Bertz CT molecular complexity index is 850. The van der Waals surface area contributed by atoms with Gasteiger partial charge in [0.05, 0.1) is 44.8 Å². The minimum Gasteiger partial charge on any atom is -0.748 e. The molecule has 0 saturated carbocycles. The highest BCUT2D eigenvalue weighted by Gasteiger charge is 1.99. The minimum absolute atomic E-state index is 0.327. The molecule has 2 aromatic rings. The van der Waals surface area contributed by atoms with Crippen LogP contribution in [0.4, 0.5) is 0 Å². The molecule has 170 valence electrons. The first-order valence-electron chi connectivity index (χ1n) is 8.87. The van der Waals surface area contributed by atoms with Gasteiger partial charge in [-0.1, -0.05) is 24.3 Å². The lowest BCUT2D eigenvalue weighted by molar-refractivity contribution is -0.367. The molecule has 0 bridgehead atoms. The maximum atomic E-state index is 9.72. The summed E-state index contributed by atoms with van der Waals surface area (Å²) in [6.45, 7) is 1.82. The van der Waals surface area contributed by atoms with Crippen LogP contribution >= 0.6 is 0 Å². The van der Waals surface area contributed by atoms with Gasteiger partial charge in [0.1, 0.15) is 11.5 Å². The molecule has 0 heterocycles. The molecule has 0 aliphatic carbocycles. The van der Waals surface area contributed by atoms with Crippen molar-refractivity contribution in [3.05, 3.63) is 59.7 Å². The second-order valence-electron chi connectivity index (χ2n) is 6.06. The van der Waals surface area contributed by atoms with Crippen molar-refractivity contribution < 1.29 is 47.6 Å². The predicted molar refractivity (Wildman–Crippen MR) is 108 cm³/mol. The average Bonchev–Trinajstić information content (AvgIpc) is 2.64. The fourth-order valence-electron chi connectivity index (χ4n) is 1.94. The third-order valence-electron chi connectivity index (χ3n) is 3.39. The Hall–Kier alpha value is -2.22. The summed E-state index contributed by atoms with van der Waals surface area (Å²) in [5, 5.41) is 17.8. The molecule has 12 heteroatoms. The quantitative estimate of drug-likeness (QED) is 0.351. The third-order valence-corrected chi connectivity index (χ3v) is 5.05. The van der Waals surface area contributed by atoms with Crippen LogP contribution in [0.5, 0.6) is 11.5 Å². The van der Waals surface area contributed by atoms with Crippen LogP contribution in [0.3, 0.4) is 0 Å². The zero-order valence-electron chi connectivity index (χ0n) is 16.4. The summed E-state index contributed by atoms with van der Waals surface area (Å²) in [6.07, 6.45) is 1.97. The van der Waals surface area contributed by atoms with Crippen molar-refractivity contribution in [3.63, 3.8) is 0 Å². The lowest BCUT2D eigenvalue weighted by Gasteiger charge is -2.08. The lowest BCUT2D eigenvalue weighted by atomic mass is 10.1. The normalized spacial score (nSPS) is 10.9. The van der Waals surface area contributed by atoms with Gasteiger partial charge >= 0.3 is 0 Å². The Labute approximate surface area is 176 Å². The minimum atomic E-state index is -4.59. The largest absolute Gasteiger partial charge is 0.748 e. The van der Waals surface area contributed by atoms with Gasteiger partial charge in [0.25, 0.3) is 0 Å². The van der Waals surface area contributed by atoms with Crippen LogP contribution in [0.15, 0.2) is 48.5 Å². The zero-order valence-corrected chi connectivity index (χ0v) is 18.1. The molecular formula is C18H28N2O8S2. The maximum Gasteiger partial charge on any atom is 0.115 e. The van der Waals surface area contributed by atoms with Crippen LogP contribution in [0.25, 0.3) is 0 Å². The molecule has 30 heavy (non-hydrogen) atoms.